The van der Waals surface area contributed by atoms with Gasteiger partial charge in [-0.1, -0.05) is 36.2 Å². The molecule has 0 unspecified atom stereocenters. The van der Waals surface area contributed by atoms with Crippen LogP contribution >= 0.6 is 23.2 Å². The molecule has 220 valence electrons. The number of hydrogen-bond donors (Lipinski definition) is 1. The molecule has 0 aliphatic heterocycles. The minimum Gasteiger partial charge on any atom is -0.475 e. The smallest absolute Gasteiger partial charge is 0.391 e. The molecule has 2 heterocycles. The molecule has 0 radical (unpaired) electrons. The summed E-state index contributed by atoms with van der Waals surface area (Å²) in [6.45, 7) is 6.11. The number of imidazole rings is 1. The highest BCUT2D eigenvalue weighted by Gasteiger charge is 2.41. The van der Waals surface area contributed by atoms with Crippen LogP contribution in [0, 0.1) is 18.8 Å². The Kier molecular flexibility index (Phi) is 11.4. The van der Waals surface area contributed by atoms with E-state index in [1.807, 2.05) is 0 Å². The van der Waals surface area contributed by atoms with E-state index in [1.165, 1.54) is 19.5 Å². The highest BCUT2D eigenvalue weighted by molar-refractivity contribution is 6.39. The van der Waals surface area contributed by atoms with Gasteiger partial charge in [0, 0.05) is 33.0 Å². The molecule has 2 aromatic rings. The maximum Gasteiger partial charge on any atom is 0.391 e. The molecule has 1 aliphatic carbocycles. The summed E-state index contributed by atoms with van der Waals surface area (Å²) in [6.07, 6.45) is 1.58. The largest absolute Gasteiger partial charge is 0.475 e. The topological polar surface area (TPSA) is 90.6 Å². The van der Waals surface area contributed by atoms with Crippen molar-refractivity contribution >= 4 is 52.3 Å². The van der Waals surface area contributed by atoms with Crippen molar-refractivity contribution in [2.45, 2.75) is 58.0 Å². The molecule has 1 saturated carbocycles. The van der Waals surface area contributed by atoms with Gasteiger partial charge in [0.2, 0.25) is 11.8 Å². The van der Waals surface area contributed by atoms with Crippen molar-refractivity contribution in [3.05, 3.63) is 40.3 Å². The third kappa shape index (κ3) is 8.44. The van der Waals surface area contributed by atoms with Crippen LogP contribution in [0.4, 0.5) is 30.6 Å². The van der Waals surface area contributed by atoms with Gasteiger partial charge in [0.05, 0.1) is 39.5 Å². The number of ether oxygens (including phenoxy) is 2. The van der Waals surface area contributed by atoms with Gasteiger partial charge < -0.3 is 14.8 Å². The molecule has 1 N–H and O–H groups in total. The summed E-state index contributed by atoms with van der Waals surface area (Å²) >= 11 is 12.5. The minimum absolute atomic E-state index is 0.0466. The van der Waals surface area contributed by atoms with Crippen LogP contribution in [0.2, 0.25) is 10.0 Å². The Labute approximate surface area is 242 Å². The van der Waals surface area contributed by atoms with Gasteiger partial charge in [-0.2, -0.15) is 18.2 Å². The number of rotatable bonds is 12. The lowest BCUT2D eigenvalue weighted by molar-refractivity contribution is -0.184. The number of aromatic nitrogens is 3. The van der Waals surface area contributed by atoms with E-state index in [-0.39, 0.29) is 55.6 Å². The van der Waals surface area contributed by atoms with Crippen molar-refractivity contribution in [2.24, 2.45) is 23.9 Å². The molecule has 0 bridgehead atoms. The highest BCUT2D eigenvalue weighted by atomic mass is 35.5. The molecule has 0 amide bonds. The van der Waals surface area contributed by atoms with Gasteiger partial charge in [0.25, 0.3) is 0 Å². The van der Waals surface area contributed by atoms with Gasteiger partial charge in [-0.25, -0.2) is 4.98 Å². The molecule has 40 heavy (non-hydrogen) atoms. The van der Waals surface area contributed by atoms with Crippen LogP contribution in [0.1, 0.15) is 50.6 Å². The summed E-state index contributed by atoms with van der Waals surface area (Å²) in [5, 5.41) is 3.71. The van der Waals surface area contributed by atoms with E-state index in [1.54, 1.807) is 18.5 Å². The molecule has 1 aliphatic rings. The van der Waals surface area contributed by atoms with E-state index in [9.17, 15) is 18.0 Å². The van der Waals surface area contributed by atoms with Crippen LogP contribution in [0.15, 0.2) is 29.5 Å². The van der Waals surface area contributed by atoms with Gasteiger partial charge in [-0.15, -0.1) is 0 Å². The Balaban J connectivity index is 1.69. The summed E-state index contributed by atoms with van der Waals surface area (Å²) in [6, 6.07) is 0. The van der Waals surface area contributed by atoms with Gasteiger partial charge in [0.1, 0.15) is 6.61 Å². The Bertz CT molecular complexity index is 1200. The zero-order valence-electron chi connectivity index (χ0n) is 22.8. The molecular weight excluding hydrogens is 570 g/mol. The van der Waals surface area contributed by atoms with Gasteiger partial charge >= 0.3 is 6.18 Å². The summed E-state index contributed by atoms with van der Waals surface area (Å²) in [7, 11) is 3.26. The van der Waals surface area contributed by atoms with Gasteiger partial charge in [-0.3, -0.25) is 14.3 Å². The second kappa shape index (κ2) is 14.3. The fourth-order valence-corrected chi connectivity index (χ4v) is 5.10. The van der Waals surface area contributed by atoms with Crippen molar-refractivity contribution in [3.8, 4) is 0 Å². The molecule has 2 aromatic heterocycles. The molecule has 0 spiro atoms. The van der Waals surface area contributed by atoms with E-state index < -0.39 is 12.1 Å². The number of nitrogens with zero attached hydrogens (tertiary/aromatic N) is 4. The number of alkyl halides is 3. The number of hydrogen-bond acceptors (Lipinski definition) is 7. The lowest BCUT2D eigenvalue weighted by Gasteiger charge is -2.29. The number of nitrogens with one attached hydrogen (secondary N) is 1. The lowest BCUT2D eigenvalue weighted by Crippen LogP contribution is -2.27. The summed E-state index contributed by atoms with van der Waals surface area (Å²) in [5.74, 6) is -0.389. The molecule has 1 fully saturated rings. The molecule has 0 saturated heterocycles. The molecule has 8 nitrogen and oxygen atoms in total. The fourth-order valence-electron chi connectivity index (χ4n) is 4.64. The Hall–Kier alpha value is -2.63. The molecule has 0 atom stereocenters. The summed E-state index contributed by atoms with van der Waals surface area (Å²) in [5.41, 5.74) is 1.09. The van der Waals surface area contributed by atoms with Crippen LogP contribution in [0.5, 0.6) is 0 Å². The lowest BCUT2D eigenvalue weighted by atomic mass is 9.79. The third-order valence-corrected chi connectivity index (χ3v) is 7.55. The predicted octanol–water partition coefficient (Wildman–Crippen LogP) is 7.53. The monoisotopic (exact) mass is 603 g/mol. The van der Waals surface area contributed by atoms with Crippen molar-refractivity contribution < 1.29 is 27.4 Å². The first-order valence-corrected chi connectivity index (χ1v) is 13.8. The number of anilines is 2. The van der Waals surface area contributed by atoms with Crippen LogP contribution in [-0.4, -0.2) is 52.7 Å². The highest BCUT2D eigenvalue weighted by Crippen LogP contribution is 2.41. The van der Waals surface area contributed by atoms with Gasteiger partial charge in [-0.05, 0) is 44.9 Å². The van der Waals surface area contributed by atoms with E-state index in [0.29, 0.717) is 58.9 Å². The molecule has 0 aromatic carbocycles. The number of aliphatic imine (C=N–C) groups is 1. The van der Waals surface area contributed by atoms with Crippen LogP contribution in [-0.2, 0) is 21.3 Å². The van der Waals surface area contributed by atoms with Crippen molar-refractivity contribution in [1.29, 1.82) is 0 Å². The maximum atomic E-state index is 13.0. The number of halogens is 5. The Morgan fingerprint density at radius 3 is 2.45 bits per heavy atom. The third-order valence-electron chi connectivity index (χ3n) is 6.98. The second-order valence-electron chi connectivity index (χ2n) is 9.82. The maximum absolute atomic E-state index is 13.0. The molecular formula is C27H34Cl2F3N5O3. The predicted molar refractivity (Wildman–Crippen MR) is 150 cm³/mol. The van der Waals surface area contributed by atoms with Crippen LogP contribution in [0.25, 0.3) is 0 Å². The molecule has 13 heteroatoms. The number of ketones is 1. The van der Waals surface area contributed by atoms with E-state index in [4.69, 9.17) is 32.7 Å². The number of methoxy groups -OCH3 is 1. The zero-order chi connectivity index (χ0) is 29.4. The quantitative estimate of drug-likeness (QED) is 0.117. The number of carbonyl (C=O) groups is 1. The second-order valence-corrected chi connectivity index (χ2v) is 10.6. The number of aryl methyl sites for hydroxylation is 1. The summed E-state index contributed by atoms with van der Waals surface area (Å²) < 4.78 is 51.3. The SMILES string of the molecule is C=C(C(=O)CCCC1CCC(C(F)(F)F)CC1)C(=Nc1c(C)nc(Nc2c(Cl)cncc2Cl)n1C)OCCOC. The number of carbonyl (C=O) groups excluding carboxylic acids is 1. The Morgan fingerprint density at radius 1 is 1.20 bits per heavy atom. The first-order valence-electron chi connectivity index (χ1n) is 13.0. The normalized spacial score (nSPS) is 18.1. The first-order chi connectivity index (χ1) is 18.9. The van der Waals surface area contributed by atoms with E-state index in [0.717, 1.165) is 0 Å². The number of pyridine rings is 1. The zero-order valence-corrected chi connectivity index (χ0v) is 24.3. The van der Waals surface area contributed by atoms with Gasteiger partial charge in [0.15, 0.2) is 11.6 Å². The summed E-state index contributed by atoms with van der Waals surface area (Å²) in [4.78, 5) is 26.0. The Morgan fingerprint density at radius 2 is 1.85 bits per heavy atom. The first kappa shape index (κ1) is 31.9. The average molecular weight is 605 g/mol. The average Bonchev–Trinajstić information content (AvgIpc) is 3.16. The van der Waals surface area contributed by atoms with Crippen molar-refractivity contribution in [1.82, 2.24) is 14.5 Å². The van der Waals surface area contributed by atoms with Crippen molar-refractivity contribution in [2.75, 3.05) is 25.6 Å². The fraction of sp³-hybridized carbons (Fsp3) is 0.556. The van der Waals surface area contributed by atoms with E-state index in [2.05, 4.69) is 26.9 Å². The van der Waals surface area contributed by atoms with E-state index >= 15 is 0 Å². The molecule has 3 rings (SSSR count). The van der Waals surface area contributed by atoms with Crippen LogP contribution < -0.4 is 5.32 Å². The van der Waals surface area contributed by atoms with Crippen LogP contribution in [0.3, 0.4) is 0 Å². The minimum atomic E-state index is -4.13. The van der Waals surface area contributed by atoms with Crippen molar-refractivity contribution in [3.63, 3.8) is 0 Å². The standard InChI is InChI=1S/C27H34Cl2F3N5O3/c1-16(22(38)7-5-6-18-8-10-19(11-9-18)27(30,31)32)25(40-13-12-39-4)36-24-17(2)34-26(37(24)3)35-23-20(28)14-33-15-21(23)29/h14-15,18-19H,1,5-13H2,2-4H3,(H,33,34,35). The number of Topliss-reactive ketones (excluding diaryl/α,β-unsaturated/α-hetero) is 1.